The van der Waals surface area contributed by atoms with Crippen LogP contribution in [0.15, 0.2) is 48.7 Å². The molecule has 0 spiro atoms. The Morgan fingerprint density at radius 3 is 2.72 bits per heavy atom. The number of rotatable bonds is 4. The van der Waals surface area contributed by atoms with E-state index in [1.54, 1.807) is 24.4 Å². The van der Waals surface area contributed by atoms with E-state index in [2.05, 4.69) is 22.5 Å². The zero-order valence-corrected chi connectivity index (χ0v) is 17.3. The number of carbonyl (C=O) groups excluding carboxylic acids is 2. The van der Waals surface area contributed by atoms with Crippen LogP contribution in [-0.4, -0.2) is 16.8 Å². The molecule has 0 aliphatic heterocycles. The number of aryl methyl sites for hydroxylation is 1. The fraction of sp³-hybridized carbons (Fsp3) is 0.261. The van der Waals surface area contributed by atoms with E-state index in [1.807, 2.05) is 31.2 Å². The van der Waals surface area contributed by atoms with Crippen molar-refractivity contribution in [1.82, 2.24) is 4.98 Å². The molecule has 0 radical (unpaired) electrons. The van der Waals surface area contributed by atoms with Crippen LogP contribution in [-0.2, 0) is 12.8 Å². The molecule has 6 heteroatoms. The van der Waals surface area contributed by atoms with Crippen LogP contribution in [0.1, 0.15) is 50.1 Å². The van der Waals surface area contributed by atoms with E-state index in [4.69, 9.17) is 0 Å². The molecule has 2 N–H and O–H groups in total. The number of fused-ring (bicyclic) bond motifs is 1. The van der Waals surface area contributed by atoms with Gasteiger partial charge in [0, 0.05) is 16.6 Å². The van der Waals surface area contributed by atoms with E-state index in [1.165, 1.54) is 16.2 Å². The van der Waals surface area contributed by atoms with E-state index in [0.29, 0.717) is 27.9 Å². The molecule has 2 aromatic heterocycles. The van der Waals surface area contributed by atoms with Gasteiger partial charge in [-0.25, -0.2) is 4.98 Å². The van der Waals surface area contributed by atoms with Gasteiger partial charge >= 0.3 is 0 Å². The molecule has 1 atom stereocenters. The Kier molecular flexibility index (Phi) is 5.45. The van der Waals surface area contributed by atoms with Gasteiger partial charge in [-0.2, -0.15) is 0 Å². The average Bonchev–Trinajstić information content (AvgIpc) is 3.05. The number of hydrogen-bond donors (Lipinski definition) is 2. The predicted octanol–water partition coefficient (Wildman–Crippen LogP) is 5.08. The summed E-state index contributed by atoms with van der Waals surface area (Å²) in [6.45, 7) is 4.18. The van der Waals surface area contributed by atoms with Gasteiger partial charge in [-0.1, -0.05) is 30.7 Å². The lowest BCUT2D eigenvalue weighted by atomic mass is 9.88. The van der Waals surface area contributed by atoms with Crippen LogP contribution in [0.25, 0.3) is 0 Å². The van der Waals surface area contributed by atoms with E-state index in [0.717, 1.165) is 30.4 Å². The number of nitrogens with one attached hydrogen (secondary N) is 2. The highest BCUT2D eigenvalue weighted by Gasteiger charge is 2.28. The Balaban J connectivity index is 1.67. The Morgan fingerprint density at radius 1 is 1.10 bits per heavy atom. The van der Waals surface area contributed by atoms with E-state index < -0.39 is 0 Å². The molecule has 0 fully saturated rings. The second-order valence-electron chi connectivity index (χ2n) is 7.55. The number of nitrogens with zero attached hydrogens (tertiary/aromatic N) is 1. The van der Waals surface area contributed by atoms with Gasteiger partial charge in [-0.15, -0.1) is 11.3 Å². The Labute approximate surface area is 174 Å². The fourth-order valence-corrected chi connectivity index (χ4v) is 5.06. The van der Waals surface area contributed by atoms with Gasteiger partial charge in [0.15, 0.2) is 0 Å². The Hall–Kier alpha value is -2.99. The van der Waals surface area contributed by atoms with E-state index >= 15 is 0 Å². The van der Waals surface area contributed by atoms with Crippen LogP contribution in [0.2, 0.25) is 0 Å². The molecule has 2 amide bonds. The number of carbonyl (C=O) groups is 2. The average molecular weight is 406 g/mol. The summed E-state index contributed by atoms with van der Waals surface area (Å²) in [5.74, 6) is 0.647. The topological polar surface area (TPSA) is 71.1 Å². The summed E-state index contributed by atoms with van der Waals surface area (Å²) < 4.78 is 0. The Bertz CT molecular complexity index is 1060. The maximum absolute atomic E-state index is 13.1. The molecular formula is C23H23N3O2S. The maximum Gasteiger partial charge on any atom is 0.260 e. The molecule has 3 aromatic rings. The van der Waals surface area contributed by atoms with E-state index in [9.17, 15) is 9.59 Å². The molecule has 5 nitrogen and oxygen atoms in total. The van der Waals surface area contributed by atoms with Crippen LogP contribution in [0.4, 0.5) is 10.8 Å². The number of thiophene rings is 1. The zero-order chi connectivity index (χ0) is 20.4. The molecule has 0 bridgehead atoms. The summed E-state index contributed by atoms with van der Waals surface area (Å²) in [6, 6.07) is 12.8. The quantitative estimate of drug-likeness (QED) is 0.636. The van der Waals surface area contributed by atoms with Crippen LogP contribution >= 0.6 is 11.3 Å². The molecule has 1 aliphatic rings. The number of hydrogen-bond acceptors (Lipinski definition) is 4. The molecular weight excluding hydrogens is 382 g/mol. The van der Waals surface area contributed by atoms with Crippen molar-refractivity contribution in [3.63, 3.8) is 0 Å². The summed E-state index contributed by atoms with van der Waals surface area (Å²) in [4.78, 5) is 31.3. The predicted molar refractivity (Wildman–Crippen MR) is 117 cm³/mol. The number of anilines is 2. The van der Waals surface area contributed by atoms with Crippen LogP contribution in [0, 0.1) is 12.8 Å². The summed E-state index contributed by atoms with van der Waals surface area (Å²) in [5, 5.41) is 6.48. The molecule has 4 rings (SSSR count). The number of pyridine rings is 1. The third kappa shape index (κ3) is 4.22. The monoisotopic (exact) mass is 405 g/mol. The maximum atomic E-state index is 13.1. The normalized spacial score (nSPS) is 15.4. The Morgan fingerprint density at radius 2 is 1.97 bits per heavy atom. The van der Waals surface area contributed by atoms with Crippen molar-refractivity contribution in [3.8, 4) is 0 Å². The van der Waals surface area contributed by atoms with Gasteiger partial charge in [0.25, 0.3) is 11.8 Å². The highest BCUT2D eigenvalue weighted by atomic mass is 32.1. The molecule has 1 aromatic carbocycles. The first-order valence-corrected chi connectivity index (χ1v) is 10.6. The highest BCUT2D eigenvalue weighted by molar-refractivity contribution is 7.17. The van der Waals surface area contributed by atoms with Crippen molar-refractivity contribution in [1.29, 1.82) is 0 Å². The summed E-state index contributed by atoms with van der Waals surface area (Å²) >= 11 is 1.52. The largest absolute Gasteiger partial charge is 0.313 e. The van der Waals surface area contributed by atoms with Gasteiger partial charge in [0.2, 0.25) is 0 Å². The van der Waals surface area contributed by atoms with Gasteiger partial charge in [-0.3, -0.25) is 9.59 Å². The number of amides is 2. The molecule has 0 saturated heterocycles. The third-order valence-corrected chi connectivity index (χ3v) is 6.32. The van der Waals surface area contributed by atoms with Gasteiger partial charge in [-0.05, 0) is 61.9 Å². The van der Waals surface area contributed by atoms with Crippen LogP contribution in [0.5, 0.6) is 0 Å². The van der Waals surface area contributed by atoms with Crippen LogP contribution in [0.3, 0.4) is 0 Å². The van der Waals surface area contributed by atoms with Crippen molar-refractivity contribution < 1.29 is 9.59 Å². The van der Waals surface area contributed by atoms with Gasteiger partial charge in [0.05, 0.1) is 5.56 Å². The molecule has 29 heavy (non-hydrogen) atoms. The van der Waals surface area contributed by atoms with Crippen molar-refractivity contribution in [2.75, 3.05) is 10.6 Å². The zero-order valence-electron chi connectivity index (χ0n) is 16.5. The summed E-state index contributed by atoms with van der Waals surface area (Å²) in [6.07, 6.45) is 4.46. The molecule has 148 valence electrons. The molecule has 1 aliphatic carbocycles. The van der Waals surface area contributed by atoms with Crippen LogP contribution < -0.4 is 10.6 Å². The highest BCUT2D eigenvalue weighted by Crippen LogP contribution is 2.40. The summed E-state index contributed by atoms with van der Waals surface area (Å²) in [5.41, 5.74) is 3.23. The van der Waals surface area contributed by atoms with Gasteiger partial charge < -0.3 is 10.6 Å². The third-order valence-electron chi connectivity index (χ3n) is 5.15. The smallest absolute Gasteiger partial charge is 0.260 e. The van der Waals surface area contributed by atoms with E-state index in [-0.39, 0.29) is 11.8 Å². The van der Waals surface area contributed by atoms with Crippen molar-refractivity contribution in [3.05, 3.63) is 75.8 Å². The lowest BCUT2D eigenvalue weighted by molar-refractivity contribution is 0.102. The standard InChI is InChI=1S/C23H23N3O2S/c1-14-6-5-7-16(12-14)21(27)26-23-20(17-10-9-15(2)13-18(17)29-23)22(28)25-19-8-3-4-11-24-19/h3-8,11-12,15H,9-10,13H2,1-2H3,(H,26,27)(H,24,25,28)/t15-/m1/s1. The summed E-state index contributed by atoms with van der Waals surface area (Å²) in [7, 11) is 0. The minimum Gasteiger partial charge on any atom is -0.313 e. The molecule has 2 heterocycles. The SMILES string of the molecule is Cc1cccc(C(=O)Nc2sc3c(c2C(=O)Nc2ccccn2)CC[C@@H](C)C3)c1. The molecule has 0 saturated carbocycles. The minimum absolute atomic E-state index is 0.202. The lowest BCUT2D eigenvalue weighted by Crippen LogP contribution is -2.19. The lowest BCUT2D eigenvalue weighted by Gasteiger charge is -2.18. The van der Waals surface area contributed by atoms with Crippen molar-refractivity contribution >= 4 is 34.0 Å². The fourth-order valence-electron chi connectivity index (χ4n) is 3.66. The second-order valence-corrected chi connectivity index (χ2v) is 8.65. The number of benzene rings is 1. The first-order chi connectivity index (χ1) is 14.0. The minimum atomic E-state index is -0.227. The molecule has 0 unspecified atom stereocenters. The second kappa shape index (κ2) is 8.17. The first kappa shape index (κ1) is 19.3. The van der Waals surface area contributed by atoms with Crippen molar-refractivity contribution in [2.24, 2.45) is 5.92 Å². The van der Waals surface area contributed by atoms with Crippen molar-refractivity contribution in [2.45, 2.75) is 33.1 Å². The van der Waals surface area contributed by atoms with Gasteiger partial charge in [0.1, 0.15) is 10.8 Å². The number of aromatic nitrogens is 1. The first-order valence-electron chi connectivity index (χ1n) is 9.76.